The molecule has 2 heterocycles. The van der Waals surface area contributed by atoms with Gasteiger partial charge in [-0.25, -0.2) is 0 Å². The summed E-state index contributed by atoms with van der Waals surface area (Å²) in [5, 5.41) is 7.55. The molecule has 2 aromatic heterocycles. The van der Waals surface area contributed by atoms with Gasteiger partial charge in [-0.05, 0) is 61.7 Å². The van der Waals surface area contributed by atoms with Crippen molar-refractivity contribution in [3.8, 4) is 22.3 Å². The highest BCUT2D eigenvalue weighted by Crippen LogP contribution is 2.25. The summed E-state index contributed by atoms with van der Waals surface area (Å²) < 4.78 is 1.72. The third-order valence-corrected chi connectivity index (χ3v) is 5.16. The zero-order valence-corrected chi connectivity index (χ0v) is 17.3. The molecule has 0 aliphatic heterocycles. The summed E-state index contributed by atoms with van der Waals surface area (Å²) >= 11 is 0. The molecule has 30 heavy (non-hydrogen) atoms. The molecule has 1 N–H and O–H groups in total. The maximum atomic E-state index is 12.8. The van der Waals surface area contributed by atoms with Crippen LogP contribution in [0, 0.1) is 13.8 Å². The molecule has 0 bridgehead atoms. The van der Waals surface area contributed by atoms with E-state index in [1.165, 1.54) is 0 Å². The number of benzene rings is 2. The maximum Gasteiger partial charge on any atom is 0.248 e. The average molecular weight is 396 g/mol. The smallest absolute Gasteiger partial charge is 0.248 e. The number of aromatic nitrogens is 3. The first-order valence-electron chi connectivity index (χ1n) is 9.96. The Morgan fingerprint density at radius 1 is 0.933 bits per heavy atom. The van der Waals surface area contributed by atoms with E-state index in [9.17, 15) is 4.79 Å². The van der Waals surface area contributed by atoms with E-state index in [1.54, 1.807) is 10.9 Å². The number of nitrogens with one attached hydrogen (secondary N) is 1. The normalized spacial score (nSPS) is 11.8. The van der Waals surface area contributed by atoms with Crippen LogP contribution in [0.2, 0.25) is 0 Å². The standard InChI is InChI=1S/C25H24N4O/c1-17-15-22(13-14-26-17)20-9-11-23(12-10-20)27-25(30)19(3)29-16-24(18(2)28-29)21-7-5-4-6-8-21/h4-16,19H,1-3H3,(H,27,30). The SMILES string of the molecule is Cc1cc(-c2ccc(NC(=O)C(C)n3cc(-c4ccccc4)c(C)n3)cc2)ccn1. The Morgan fingerprint density at radius 3 is 2.37 bits per heavy atom. The second-order valence-corrected chi connectivity index (χ2v) is 7.40. The largest absolute Gasteiger partial charge is 0.324 e. The molecular weight excluding hydrogens is 372 g/mol. The van der Waals surface area contributed by atoms with Gasteiger partial charge in [-0.1, -0.05) is 42.5 Å². The fraction of sp³-hybridized carbons (Fsp3) is 0.160. The van der Waals surface area contributed by atoms with Gasteiger partial charge in [-0.2, -0.15) is 5.10 Å². The molecule has 0 saturated carbocycles. The van der Waals surface area contributed by atoms with Crippen molar-refractivity contribution in [2.45, 2.75) is 26.8 Å². The molecule has 150 valence electrons. The lowest BCUT2D eigenvalue weighted by atomic mass is 10.1. The minimum absolute atomic E-state index is 0.107. The summed E-state index contributed by atoms with van der Waals surface area (Å²) in [7, 11) is 0. The zero-order chi connectivity index (χ0) is 21.1. The number of hydrogen-bond acceptors (Lipinski definition) is 3. The Morgan fingerprint density at radius 2 is 1.67 bits per heavy atom. The lowest BCUT2D eigenvalue weighted by molar-refractivity contribution is -0.119. The highest BCUT2D eigenvalue weighted by atomic mass is 16.2. The molecule has 0 radical (unpaired) electrons. The fourth-order valence-corrected chi connectivity index (χ4v) is 3.42. The van der Waals surface area contributed by atoms with Crippen molar-refractivity contribution in [1.29, 1.82) is 0 Å². The lowest BCUT2D eigenvalue weighted by Crippen LogP contribution is -2.24. The number of aryl methyl sites for hydroxylation is 2. The predicted molar refractivity (Wildman–Crippen MR) is 120 cm³/mol. The minimum atomic E-state index is -0.427. The topological polar surface area (TPSA) is 59.8 Å². The zero-order valence-electron chi connectivity index (χ0n) is 17.3. The molecule has 5 nitrogen and oxygen atoms in total. The Kier molecular flexibility index (Phi) is 5.44. The van der Waals surface area contributed by atoms with E-state index < -0.39 is 6.04 Å². The quantitative estimate of drug-likeness (QED) is 0.489. The van der Waals surface area contributed by atoms with Gasteiger partial charge >= 0.3 is 0 Å². The molecule has 1 atom stereocenters. The second-order valence-electron chi connectivity index (χ2n) is 7.40. The first kappa shape index (κ1) is 19.6. The fourth-order valence-electron chi connectivity index (χ4n) is 3.42. The van der Waals surface area contributed by atoms with Crippen LogP contribution in [0.4, 0.5) is 5.69 Å². The van der Waals surface area contributed by atoms with Crippen LogP contribution >= 0.6 is 0 Å². The van der Waals surface area contributed by atoms with Crippen LogP contribution in [0.25, 0.3) is 22.3 Å². The van der Waals surface area contributed by atoms with E-state index >= 15 is 0 Å². The number of pyridine rings is 1. The monoisotopic (exact) mass is 396 g/mol. The highest BCUT2D eigenvalue weighted by Gasteiger charge is 2.18. The summed E-state index contributed by atoms with van der Waals surface area (Å²) in [5.74, 6) is -0.107. The van der Waals surface area contributed by atoms with Crippen molar-refractivity contribution in [2.24, 2.45) is 0 Å². The van der Waals surface area contributed by atoms with Gasteiger partial charge in [0.05, 0.1) is 5.69 Å². The van der Waals surface area contributed by atoms with Crippen molar-refractivity contribution in [3.05, 3.63) is 90.5 Å². The molecule has 1 unspecified atom stereocenters. The molecule has 0 aliphatic carbocycles. The lowest BCUT2D eigenvalue weighted by Gasteiger charge is -2.13. The van der Waals surface area contributed by atoms with E-state index in [1.807, 2.05) is 93.7 Å². The summed E-state index contributed by atoms with van der Waals surface area (Å²) in [6, 6.07) is 21.5. The van der Waals surface area contributed by atoms with Gasteiger partial charge in [0.25, 0.3) is 0 Å². The Bertz CT molecular complexity index is 1160. The molecule has 4 aromatic rings. The molecule has 5 heteroatoms. The molecular formula is C25H24N4O. The number of carbonyl (C=O) groups is 1. The minimum Gasteiger partial charge on any atom is -0.324 e. The van der Waals surface area contributed by atoms with Gasteiger partial charge in [-0.15, -0.1) is 0 Å². The molecule has 1 amide bonds. The van der Waals surface area contributed by atoms with E-state index in [2.05, 4.69) is 15.4 Å². The van der Waals surface area contributed by atoms with Gasteiger partial charge in [0.2, 0.25) is 5.91 Å². The van der Waals surface area contributed by atoms with Crippen LogP contribution in [0.3, 0.4) is 0 Å². The van der Waals surface area contributed by atoms with Crippen LogP contribution in [-0.2, 0) is 4.79 Å². The number of anilines is 1. The van der Waals surface area contributed by atoms with Crippen LogP contribution in [0.1, 0.15) is 24.4 Å². The van der Waals surface area contributed by atoms with E-state index in [0.717, 1.165) is 39.3 Å². The Balaban J connectivity index is 1.47. The second kappa shape index (κ2) is 8.33. The van der Waals surface area contributed by atoms with Crippen molar-refractivity contribution in [3.63, 3.8) is 0 Å². The van der Waals surface area contributed by atoms with Crippen molar-refractivity contribution in [1.82, 2.24) is 14.8 Å². The van der Waals surface area contributed by atoms with E-state index in [-0.39, 0.29) is 5.91 Å². The van der Waals surface area contributed by atoms with Crippen LogP contribution in [-0.4, -0.2) is 20.7 Å². The van der Waals surface area contributed by atoms with Gasteiger partial charge in [-0.3, -0.25) is 14.5 Å². The first-order valence-corrected chi connectivity index (χ1v) is 9.96. The van der Waals surface area contributed by atoms with Gasteiger partial charge in [0.15, 0.2) is 0 Å². The molecule has 0 spiro atoms. The summed E-state index contributed by atoms with van der Waals surface area (Å²) in [6.07, 6.45) is 3.74. The number of rotatable bonds is 5. The van der Waals surface area contributed by atoms with E-state index in [4.69, 9.17) is 0 Å². The van der Waals surface area contributed by atoms with Crippen LogP contribution in [0.5, 0.6) is 0 Å². The first-order chi connectivity index (χ1) is 14.5. The summed E-state index contributed by atoms with van der Waals surface area (Å²) in [6.45, 7) is 5.79. The predicted octanol–water partition coefficient (Wildman–Crippen LogP) is 5.43. The summed E-state index contributed by atoms with van der Waals surface area (Å²) in [4.78, 5) is 17.0. The summed E-state index contributed by atoms with van der Waals surface area (Å²) in [5.41, 5.74) is 6.95. The van der Waals surface area contributed by atoms with Gasteiger partial charge in [0.1, 0.15) is 6.04 Å². The third kappa shape index (κ3) is 4.15. The molecule has 0 fully saturated rings. The number of nitrogens with zero attached hydrogens (tertiary/aromatic N) is 3. The van der Waals surface area contributed by atoms with Gasteiger partial charge in [0, 0.05) is 29.3 Å². The van der Waals surface area contributed by atoms with Crippen LogP contribution < -0.4 is 5.32 Å². The molecule has 0 saturated heterocycles. The maximum absolute atomic E-state index is 12.8. The molecule has 4 rings (SSSR count). The molecule has 2 aromatic carbocycles. The highest BCUT2D eigenvalue weighted by molar-refractivity contribution is 5.93. The average Bonchev–Trinajstić information content (AvgIpc) is 3.16. The van der Waals surface area contributed by atoms with Crippen molar-refractivity contribution in [2.75, 3.05) is 5.32 Å². The Hall–Kier alpha value is -3.73. The van der Waals surface area contributed by atoms with Crippen molar-refractivity contribution >= 4 is 11.6 Å². The van der Waals surface area contributed by atoms with Gasteiger partial charge < -0.3 is 5.32 Å². The number of amides is 1. The van der Waals surface area contributed by atoms with Crippen LogP contribution in [0.15, 0.2) is 79.1 Å². The third-order valence-electron chi connectivity index (χ3n) is 5.16. The van der Waals surface area contributed by atoms with Crippen molar-refractivity contribution < 1.29 is 4.79 Å². The Labute approximate surface area is 176 Å². The molecule has 0 aliphatic rings. The number of hydrogen-bond donors (Lipinski definition) is 1. The number of carbonyl (C=O) groups excluding carboxylic acids is 1. The van der Waals surface area contributed by atoms with E-state index in [0.29, 0.717) is 0 Å².